The molecule has 2 aromatic carbocycles. The van der Waals surface area contributed by atoms with E-state index >= 15 is 0 Å². The molecule has 0 saturated carbocycles. The quantitative estimate of drug-likeness (QED) is 0.689. The van der Waals surface area contributed by atoms with Gasteiger partial charge in [-0.3, -0.25) is 9.56 Å². The van der Waals surface area contributed by atoms with Crippen molar-refractivity contribution in [1.29, 1.82) is 0 Å². The predicted molar refractivity (Wildman–Crippen MR) is 93.0 cm³/mol. The number of carbonyl (C=O) groups is 1. The summed E-state index contributed by atoms with van der Waals surface area (Å²) in [6.45, 7) is 0.0967. The summed E-state index contributed by atoms with van der Waals surface area (Å²) >= 11 is 6.32. The lowest BCUT2D eigenvalue weighted by Crippen LogP contribution is -2.08. The van der Waals surface area contributed by atoms with Gasteiger partial charge in [0.05, 0.1) is 17.9 Å². The van der Waals surface area contributed by atoms with Crippen LogP contribution in [-0.2, 0) is 6.54 Å². The Kier molecular flexibility index (Phi) is 3.93. The number of imidazole rings is 1. The van der Waals surface area contributed by atoms with Gasteiger partial charge in [0.15, 0.2) is 0 Å². The predicted octanol–water partition coefficient (Wildman–Crippen LogP) is 4.07. The fourth-order valence-corrected chi connectivity index (χ4v) is 3.13. The van der Waals surface area contributed by atoms with Crippen molar-refractivity contribution in [2.24, 2.45) is 4.99 Å². The Labute approximate surface area is 152 Å². The number of ether oxygens (including phenoxy) is 1. The first kappa shape index (κ1) is 16.3. The molecule has 2 heterocycles. The maximum atomic E-state index is 13.9. The Morgan fingerprint density at radius 1 is 1.23 bits per heavy atom. The van der Waals surface area contributed by atoms with E-state index in [4.69, 9.17) is 21.4 Å². The third-order valence-electron chi connectivity index (χ3n) is 4.00. The average molecular weight is 372 g/mol. The Morgan fingerprint density at radius 3 is 2.81 bits per heavy atom. The first-order valence-corrected chi connectivity index (χ1v) is 7.99. The Morgan fingerprint density at radius 2 is 2.04 bits per heavy atom. The highest BCUT2D eigenvalue weighted by atomic mass is 35.5. The molecular formula is C18H11ClFN3O3. The van der Waals surface area contributed by atoms with E-state index in [0.29, 0.717) is 33.2 Å². The van der Waals surface area contributed by atoms with Gasteiger partial charge in [-0.25, -0.2) is 14.2 Å². The molecule has 0 radical (unpaired) electrons. The van der Waals surface area contributed by atoms with Gasteiger partial charge < -0.3 is 9.84 Å². The van der Waals surface area contributed by atoms with Gasteiger partial charge in [0.2, 0.25) is 5.88 Å². The summed E-state index contributed by atoms with van der Waals surface area (Å²) in [4.78, 5) is 19.4. The maximum Gasteiger partial charge on any atom is 0.512 e. The second-order valence-electron chi connectivity index (χ2n) is 5.54. The molecule has 0 amide bonds. The summed E-state index contributed by atoms with van der Waals surface area (Å²) in [6.07, 6.45) is -0.0951. The average Bonchev–Trinajstić information content (AvgIpc) is 2.91. The van der Waals surface area contributed by atoms with Crippen LogP contribution in [0.3, 0.4) is 0 Å². The van der Waals surface area contributed by atoms with Crippen LogP contribution in [-0.4, -0.2) is 26.5 Å². The molecule has 1 aliphatic rings. The van der Waals surface area contributed by atoms with E-state index in [1.54, 1.807) is 22.8 Å². The maximum absolute atomic E-state index is 13.9. The van der Waals surface area contributed by atoms with Crippen LogP contribution >= 0.6 is 11.6 Å². The first-order valence-electron chi connectivity index (χ1n) is 7.61. The molecule has 130 valence electrons. The summed E-state index contributed by atoms with van der Waals surface area (Å²) in [5.74, 6) is -0.526. The molecule has 0 spiro atoms. The minimum atomic E-state index is -1.48. The number of hydrogen-bond donors (Lipinski definition) is 1. The van der Waals surface area contributed by atoms with Gasteiger partial charge in [-0.05, 0) is 24.3 Å². The number of hydrogen-bond acceptors (Lipinski definition) is 4. The van der Waals surface area contributed by atoms with Crippen molar-refractivity contribution in [2.45, 2.75) is 6.54 Å². The number of rotatable bonds is 2. The van der Waals surface area contributed by atoms with Crippen LogP contribution < -0.4 is 4.74 Å². The van der Waals surface area contributed by atoms with Crippen molar-refractivity contribution >= 4 is 23.5 Å². The molecule has 4 rings (SSSR count). The second-order valence-corrected chi connectivity index (χ2v) is 5.95. The molecule has 0 fully saturated rings. The van der Waals surface area contributed by atoms with E-state index in [0.717, 1.165) is 0 Å². The summed E-state index contributed by atoms with van der Waals surface area (Å²) < 4.78 is 20.2. The van der Waals surface area contributed by atoms with E-state index in [1.165, 1.54) is 18.5 Å². The monoisotopic (exact) mass is 371 g/mol. The summed E-state index contributed by atoms with van der Waals surface area (Å²) in [5.41, 5.74) is 2.81. The van der Waals surface area contributed by atoms with E-state index in [2.05, 4.69) is 9.98 Å². The van der Waals surface area contributed by atoms with Gasteiger partial charge in [0.1, 0.15) is 17.8 Å². The summed E-state index contributed by atoms with van der Waals surface area (Å²) in [7, 11) is 0. The minimum Gasteiger partial charge on any atom is -0.449 e. The Hall–Kier alpha value is -3.19. The van der Waals surface area contributed by atoms with Crippen molar-refractivity contribution in [3.05, 3.63) is 76.5 Å². The normalized spacial score (nSPS) is 12.6. The van der Waals surface area contributed by atoms with E-state index in [9.17, 15) is 9.18 Å². The second kappa shape index (κ2) is 6.27. The highest BCUT2D eigenvalue weighted by molar-refractivity contribution is 6.35. The molecule has 1 aliphatic heterocycles. The Bertz CT molecular complexity index is 1060. The molecule has 0 atom stereocenters. The molecule has 0 saturated heterocycles. The number of aromatic nitrogens is 2. The number of nitrogens with zero attached hydrogens (tertiary/aromatic N) is 3. The molecule has 26 heavy (non-hydrogen) atoms. The summed E-state index contributed by atoms with van der Waals surface area (Å²) in [5, 5.41) is 9.39. The van der Waals surface area contributed by atoms with Crippen LogP contribution in [0.25, 0.3) is 5.69 Å². The fraction of sp³-hybridized carbons (Fsp3) is 0.0556. The number of aliphatic imine (C=N–C) groups is 1. The molecule has 3 aromatic rings. The van der Waals surface area contributed by atoms with Crippen molar-refractivity contribution in [2.75, 3.05) is 0 Å². The van der Waals surface area contributed by atoms with Crippen LogP contribution in [0.2, 0.25) is 5.02 Å². The first-order chi connectivity index (χ1) is 12.5. The molecule has 0 aliphatic carbocycles. The van der Waals surface area contributed by atoms with Crippen LogP contribution in [0.15, 0.2) is 53.8 Å². The van der Waals surface area contributed by atoms with Gasteiger partial charge in [0.25, 0.3) is 0 Å². The topological polar surface area (TPSA) is 76.7 Å². The highest BCUT2D eigenvalue weighted by Gasteiger charge is 2.24. The van der Waals surface area contributed by atoms with Crippen LogP contribution in [0.5, 0.6) is 5.88 Å². The lowest BCUT2D eigenvalue weighted by atomic mass is 10.0. The minimum absolute atomic E-state index is 0.0862. The van der Waals surface area contributed by atoms with Crippen molar-refractivity contribution in [3.63, 3.8) is 0 Å². The van der Waals surface area contributed by atoms with Gasteiger partial charge in [-0.15, -0.1) is 0 Å². The zero-order chi connectivity index (χ0) is 18.3. The van der Waals surface area contributed by atoms with Gasteiger partial charge >= 0.3 is 6.16 Å². The molecule has 6 nitrogen and oxygen atoms in total. The Balaban J connectivity index is 1.95. The number of fused-ring (bicyclic) bond motifs is 3. The van der Waals surface area contributed by atoms with Gasteiger partial charge in [-0.1, -0.05) is 29.8 Å². The third kappa shape index (κ3) is 2.72. The van der Waals surface area contributed by atoms with Crippen LogP contribution in [0.4, 0.5) is 9.18 Å². The zero-order valence-electron chi connectivity index (χ0n) is 13.2. The van der Waals surface area contributed by atoms with Crippen LogP contribution in [0.1, 0.15) is 16.8 Å². The SMILES string of the molecule is O=C(O)Oc1ncn2c1CN=C(c1ccccc1Cl)c1ccc(F)cc1-2. The van der Waals surface area contributed by atoms with Gasteiger partial charge in [-0.2, -0.15) is 0 Å². The number of halogens is 2. The van der Waals surface area contributed by atoms with Crippen molar-refractivity contribution in [3.8, 4) is 11.6 Å². The smallest absolute Gasteiger partial charge is 0.449 e. The van der Waals surface area contributed by atoms with Crippen molar-refractivity contribution in [1.82, 2.24) is 9.55 Å². The van der Waals surface area contributed by atoms with Gasteiger partial charge in [0, 0.05) is 16.1 Å². The highest BCUT2D eigenvalue weighted by Crippen LogP contribution is 2.31. The molecule has 0 bridgehead atoms. The molecule has 1 aromatic heterocycles. The largest absolute Gasteiger partial charge is 0.512 e. The molecule has 8 heteroatoms. The lowest BCUT2D eigenvalue weighted by molar-refractivity contribution is 0.142. The number of carboxylic acid groups (broad SMARTS) is 1. The molecule has 0 unspecified atom stereocenters. The zero-order valence-corrected chi connectivity index (χ0v) is 13.9. The summed E-state index contributed by atoms with van der Waals surface area (Å²) in [6, 6.07) is 11.5. The lowest BCUT2D eigenvalue weighted by Gasteiger charge is -2.12. The van der Waals surface area contributed by atoms with Crippen molar-refractivity contribution < 1.29 is 19.0 Å². The molecule has 1 N–H and O–H groups in total. The molecular weight excluding hydrogens is 361 g/mol. The van der Waals surface area contributed by atoms with E-state index in [1.807, 2.05) is 12.1 Å². The standard InChI is InChI=1S/C18H11ClFN3O3/c19-13-4-2-1-3-11(13)16-12-6-5-10(20)7-14(12)23-9-22-17(26-18(24)25)15(23)8-21-16/h1-7,9H,8H2,(H,24,25). The van der Waals surface area contributed by atoms with E-state index in [-0.39, 0.29) is 12.4 Å². The number of benzene rings is 2. The van der Waals surface area contributed by atoms with Crippen LogP contribution in [0, 0.1) is 5.82 Å². The third-order valence-corrected chi connectivity index (χ3v) is 4.33. The fourth-order valence-electron chi connectivity index (χ4n) is 2.90. The van der Waals surface area contributed by atoms with E-state index < -0.39 is 12.0 Å².